The number of benzene rings is 1. The van der Waals surface area contributed by atoms with Crippen LogP contribution < -0.4 is 5.32 Å². The third-order valence-corrected chi connectivity index (χ3v) is 3.62. The number of alkyl halides is 3. The first-order valence-corrected chi connectivity index (χ1v) is 6.63. The van der Waals surface area contributed by atoms with E-state index in [-0.39, 0.29) is 12.1 Å². The van der Waals surface area contributed by atoms with Gasteiger partial charge in [-0.25, -0.2) is 0 Å². The van der Waals surface area contributed by atoms with Crippen LogP contribution in [0.15, 0.2) is 29.6 Å². The normalized spacial score (nSPS) is 13.7. The highest BCUT2D eigenvalue weighted by Crippen LogP contribution is 2.26. The van der Waals surface area contributed by atoms with Crippen molar-refractivity contribution in [3.05, 3.63) is 35.2 Å². The number of carbonyl (C=O) groups is 1. The second kappa shape index (κ2) is 5.30. The summed E-state index contributed by atoms with van der Waals surface area (Å²) >= 11 is 1.40. The van der Waals surface area contributed by atoms with Gasteiger partial charge in [-0.1, -0.05) is 19.1 Å². The molecule has 102 valence electrons. The molecule has 1 aromatic heterocycles. The van der Waals surface area contributed by atoms with E-state index in [1.54, 1.807) is 6.07 Å². The van der Waals surface area contributed by atoms with Crippen molar-refractivity contribution in [2.75, 3.05) is 6.54 Å². The molecule has 0 spiro atoms. The van der Waals surface area contributed by atoms with Crippen LogP contribution in [0.1, 0.15) is 17.3 Å². The molecular formula is C13H12F3NOS. The van der Waals surface area contributed by atoms with E-state index in [0.717, 1.165) is 10.1 Å². The standard InChI is InChI=1S/C13H12F3NOS/c1-2-17-12(13(14,15)16)11(18)9-4-3-8-5-6-19-10(8)7-9/h3-7,12,17H,2H2,1H3. The predicted octanol–water partition coefficient (Wildman–Crippen LogP) is 3.62. The molecule has 1 aromatic carbocycles. The van der Waals surface area contributed by atoms with Gasteiger partial charge in [0, 0.05) is 10.3 Å². The van der Waals surface area contributed by atoms with Crippen molar-refractivity contribution in [2.24, 2.45) is 0 Å². The first-order chi connectivity index (χ1) is 8.93. The first-order valence-electron chi connectivity index (χ1n) is 5.75. The molecule has 0 aliphatic heterocycles. The summed E-state index contributed by atoms with van der Waals surface area (Å²) < 4.78 is 39.3. The van der Waals surface area contributed by atoms with Crippen molar-refractivity contribution >= 4 is 27.2 Å². The van der Waals surface area contributed by atoms with Crippen LogP contribution >= 0.6 is 11.3 Å². The van der Waals surface area contributed by atoms with Gasteiger partial charge in [0.05, 0.1) is 0 Å². The largest absolute Gasteiger partial charge is 0.411 e. The van der Waals surface area contributed by atoms with Crippen LogP contribution in [0, 0.1) is 0 Å². The lowest BCUT2D eigenvalue weighted by atomic mass is 10.0. The number of halogens is 3. The van der Waals surface area contributed by atoms with Crippen LogP contribution in [0.2, 0.25) is 0 Å². The summed E-state index contributed by atoms with van der Waals surface area (Å²) in [5, 5.41) is 4.95. The SMILES string of the molecule is CCNC(C(=O)c1ccc2ccsc2c1)C(F)(F)F. The zero-order chi connectivity index (χ0) is 14.0. The minimum atomic E-state index is -4.59. The summed E-state index contributed by atoms with van der Waals surface area (Å²) in [6.45, 7) is 1.62. The highest BCUT2D eigenvalue weighted by Gasteiger charge is 2.44. The number of likely N-dealkylation sites (N-methyl/N-ethyl adjacent to an activating group) is 1. The molecule has 19 heavy (non-hydrogen) atoms. The number of hydrogen-bond donors (Lipinski definition) is 1. The van der Waals surface area contributed by atoms with Crippen molar-refractivity contribution in [3.63, 3.8) is 0 Å². The average molecular weight is 287 g/mol. The Morgan fingerprint density at radius 1 is 1.37 bits per heavy atom. The van der Waals surface area contributed by atoms with E-state index in [1.807, 2.05) is 11.4 Å². The molecule has 1 unspecified atom stereocenters. The number of nitrogens with one attached hydrogen (secondary N) is 1. The summed E-state index contributed by atoms with van der Waals surface area (Å²) in [6.07, 6.45) is -4.59. The van der Waals surface area contributed by atoms with E-state index in [4.69, 9.17) is 0 Å². The molecule has 0 aliphatic rings. The van der Waals surface area contributed by atoms with Gasteiger partial charge < -0.3 is 0 Å². The number of thiophene rings is 1. The second-order valence-electron chi connectivity index (χ2n) is 4.07. The number of carbonyl (C=O) groups excluding carboxylic acids is 1. The molecule has 0 radical (unpaired) electrons. The number of ketones is 1. The van der Waals surface area contributed by atoms with Crippen LogP contribution in [0.5, 0.6) is 0 Å². The summed E-state index contributed by atoms with van der Waals surface area (Å²) in [6, 6.07) is 4.33. The van der Waals surface area contributed by atoms with E-state index < -0.39 is 18.0 Å². The lowest BCUT2D eigenvalue weighted by Crippen LogP contribution is -2.48. The second-order valence-corrected chi connectivity index (χ2v) is 5.02. The molecule has 0 saturated carbocycles. The fraction of sp³-hybridized carbons (Fsp3) is 0.308. The summed E-state index contributed by atoms with van der Waals surface area (Å²) in [7, 11) is 0. The Hall–Kier alpha value is -1.40. The third kappa shape index (κ3) is 2.96. The third-order valence-electron chi connectivity index (χ3n) is 2.74. The number of fused-ring (bicyclic) bond motifs is 1. The molecule has 0 saturated heterocycles. The van der Waals surface area contributed by atoms with E-state index in [9.17, 15) is 18.0 Å². The predicted molar refractivity (Wildman–Crippen MR) is 69.7 cm³/mol. The number of Topliss-reactive ketones (excluding diaryl/α,β-unsaturated/α-hetero) is 1. The van der Waals surface area contributed by atoms with Crippen molar-refractivity contribution in [1.29, 1.82) is 0 Å². The summed E-state index contributed by atoms with van der Waals surface area (Å²) in [5.74, 6) is -0.940. The van der Waals surface area contributed by atoms with E-state index in [1.165, 1.54) is 30.4 Å². The van der Waals surface area contributed by atoms with Gasteiger partial charge in [0.1, 0.15) is 0 Å². The quantitative estimate of drug-likeness (QED) is 0.870. The molecule has 1 atom stereocenters. The van der Waals surface area contributed by atoms with Gasteiger partial charge in [-0.2, -0.15) is 13.2 Å². The molecule has 2 rings (SSSR count). The molecule has 0 aliphatic carbocycles. The lowest BCUT2D eigenvalue weighted by Gasteiger charge is -2.19. The van der Waals surface area contributed by atoms with Crippen LogP contribution in [0.4, 0.5) is 13.2 Å². The Labute approximate surface area is 112 Å². The molecule has 0 amide bonds. The van der Waals surface area contributed by atoms with Gasteiger partial charge in [0.25, 0.3) is 0 Å². The maximum atomic E-state index is 12.8. The van der Waals surface area contributed by atoms with Crippen LogP contribution in [-0.2, 0) is 0 Å². The van der Waals surface area contributed by atoms with Gasteiger partial charge in [0.2, 0.25) is 0 Å². The number of hydrogen-bond acceptors (Lipinski definition) is 3. The van der Waals surface area contributed by atoms with Crippen LogP contribution in [-0.4, -0.2) is 24.5 Å². The van der Waals surface area contributed by atoms with Crippen molar-refractivity contribution in [3.8, 4) is 0 Å². The molecule has 1 heterocycles. The Kier molecular flexibility index (Phi) is 3.91. The Morgan fingerprint density at radius 2 is 2.11 bits per heavy atom. The summed E-state index contributed by atoms with van der Waals surface area (Å²) in [5.41, 5.74) is 0.0817. The fourth-order valence-electron chi connectivity index (χ4n) is 1.84. The topological polar surface area (TPSA) is 29.1 Å². The van der Waals surface area contributed by atoms with Gasteiger partial charge in [-0.3, -0.25) is 10.1 Å². The zero-order valence-corrected chi connectivity index (χ0v) is 10.9. The van der Waals surface area contributed by atoms with Gasteiger partial charge in [0.15, 0.2) is 11.8 Å². The molecule has 1 N–H and O–H groups in total. The fourth-order valence-corrected chi connectivity index (χ4v) is 2.66. The smallest absolute Gasteiger partial charge is 0.300 e. The van der Waals surface area contributed by atoms with E-state index in [0.29, 0.717) is 0 Å². The maximum Gasteiger partial charge on any atom is 0.411 e. The summed E-state index contributed by atoms with van der Waals surface area (Å²) in [4.78, 5) is 12.0. The Balaban J connectivity index is 2.35. The van der Waals surface area contributed by atoms with Crippen molar-refractivity contribution in [1.82, 2.24) is 5.32 Å². The maximum absolute atomic E-state index is 12.8. The van der Waals surface area contributed by atoms with Crippen molar-refractivity contribution in [2.45, 2.75) is 19.1 Å². The molecule has 0 fully saturated rings. The van der Waals surface area contributed by atoms with Crippen molar-refractivity contribution < 1.29 is 18.0 Å². The highest BCUT2D eigenvalue weighted by atomic mass is 32.1. The van der Waals surface area contributed by atoms with E-state index in [2.05, 4.69) is 5.32 Å². The Morgan fingerprint density at radius 3 is 2.74 bits per heavy atom. The Bertz CT molecular complexity index is 591. The zero-order valence-electron chi connectivity index (χ0n) is 10.1. The first kappa shape index (κ1) is 14.0. The molecule has 2 aromatic rings. The molecule has 2 nitrogen and oxygen atoms in total. The average Bonchev–Trinajstić information content (AvgIpc) is 2.80. The van der Waals surface area contributed by atoms with Crippen LogP contribution in [0.3, 0.4) is 0 Å². The number of rotatable bonds is 4. The highest BCUT2D eigenvalue weighted by molar-refractivity contribution is 7.17. The minimum Gasteiger partial charge on any atom is -0.300 e. The lowest BCUT2D eigenvalue weighted by molar-refractivity contribution is -0.144. The monoisotopic (exact) mass is 287 g/mol. The molecule has 0 bridgehead atoms. The van der Waals surface area contributed by atoms with Gasteiger partial charge >= 0.3 is 6.18 Å². The van der Waals surface area contributed by atoms with E-state index >= 15 is 0 Å². The molecular weight excluding hydrogens is 275 g/mol. The van der Waals surface area contributed by atoms with Gasteiger partial charge in [-0.15, -0.1) is 11.3 Å². The minimum absolute atomic E-state index is 0.0805. The molecule has 6 heteroatoms. The van der Waals surface area contributed by atoms with Gasteiger partial charge in [-0.05, 0) is 29.4 Å². The van der Waals surface area contributed by atoms with Crippen LogP contribution in [0.25, 0.3) is 10.1 Å².